The zero-order valence-corrected chi connectivity index (χ0v) is 11.6. The van der Waals surface area contributed by atoms with Crippen LogP contribution in [0.2, 0.25) is 0 Å². The molecule has 4 heteroatoms. The van der Waals surface area contributed by atoms with E-state index in [0.29, 0.717) is 11.1 Å². The Labute approximate surface area is 108 Å². The third-order valence-corrected chi connectivity index (χ3v) is 3.44. The Balaban J connectivity index is 3.24. The van der Waals surface area contributed by atoms with Crippen molar-refractivity contribution < 1.29 is 19.1 Å². The van der Waals surface area contributed by atoms with Gasteiger partial charge < -0.3 is 9.47 Å². The van der Waals surface area contributed by atoms with Crippen molar-refractivity contribution >= 4 is 11.9 Å². The fourth-order valence-electron chi connectivity index (χ4n) is 2.59. The second kappa shape index (κ2) is 6.57. The molecule has 0 spiro atoms. The first-order valence-corrected chi connectivity index (χ1v) is 6.43. The molecule has 1 saturated carbocycles. The summed E-state index contributed by atoms with van der Waals surface area (Å²) in [5.74, 6) is -0.727. The van der Waals surface area contributed by atoms with Crippen molar-refractivity contribution in [2.24, 2.45) is 11.8 Å². The van der Waals surface area contributed by atoms with Crippen molar-refractivity contribution in [1.29, 1.82) is 0 Å². The summed E-state index contributed by atoms with van der Waals surface area (Å²) in [7, 11) is 2.70. The minimum absolute atomic E-state index is 0.0489. The molecule has 1 aliphatic carbocycles. The molecule has 0 saturated heterocycles. The second-order valence-electron chi connectivity index (χ2n) is 4.95. The van der Waals surface area contributed by atoms with E-state index in [0.717, 1.165) is 25.7 Å². The highest BCUT2D eigenvalue weighted by Gasteiger charge is 2.32. The van der Waals surface area contributed by atoms with Crippen LogP contribution in [0.3, 0.4) is 0 Å². The normalized spacial score (nSPS) is 17.6. The molecule has 1 aliphatic rings. The van der Waals surface area contributed by atoms with E-state index in [9.17, 15) is 9.59 Å². The van der Waals surface area contributed by atoms with Crippen LogP contribution in [0.25, 0.3) is 0 Å². The molecule has 0 aromatic carbocycles. The molecule has 0 bridgehead atoms. The van der Waals surface area contributed by atoms with E-state index in [-0.39, 0.29) is 11.8 Å². The Hall–Kier alpha value is -1.32. The van der Waals surface area contributed by atoms with Crippen LogP contribution in [0.1, 0.15) is 39.5 Å². The van der Waals surface area contributed by atoms with Gasteiger partial charge >= 0.3 is 11.9 Å². The predicted octanol–water partition coefficient (Wildman–Crippen LogP) is 2.48. The Morgan fingerprint density at radius 1 is 1.00 bits per heavy atom. The molecule has 1 fully saturated rings. The van der Waals surface area contributed by atoms with Crippen molar-refractivity contribution in [3.05, 3.63) is 11.1 Å². The van der Waals surface area contributed by atoms with Crippen LogP contribution in [-0.4, -0.2) is 26.2 Å². The van der Waals surface area contributed by atoms with E-state index >= 15 is 0 Å². The molecule has 4 nitrogen and oxygen atoms in total. The molecule has 18 heavy (non-hydrogen) atoms. The lowest BCUT2D eigenvalue weighted by molar-refractivity contribution is -0.140. The van der Waals surface area contributed by atoms with Crippen molar-refractivity contribution in [3.63, 3.8) is 0 Å². The summed E-state index contributed by atoms with van der Waals surface area (Å²) in [6.07, 6.45) is 4.07. The Kier molecular flexibility index (Phi) is 5.38. The highest BCUT2D eigenvalue weighted by atomic mass is 16.5. The molecule has 102 valence electrons. The van der Waals surface area contributed by atoms with Crippen LogP contribution >= 0.6 is 0 Å². The van der Waals surface area contributed by atoms with Gasteiger partial charge in [-0.1, -0.05) is 26.7 Å². The van der Waals surface area contributed by atoms with E-state index in [2.05, 4.69) is 0 Å². The number of esters is 2. The first kappa shape index (κ1) is 14.7. The first-order valence-electron chi connectivity index (χ1n) is 6.43. The minimum Gasteiger partial charge on any atom is -0.466 e. The van der Waals surface area contributed by atoms with Crippen LogP contribution < -0.4 is 0 Å². The number of carbonyl (C=O) groups excluding carboxylic acids is 2. The maximum atomic E-state index is 12.0. The molecule has 0 aromatic rings. The number of carbonyl (C=O) groups is 2. The lowest BCUT2D eigenvalue weighted by Crippen LogP contribution is -2.22. The Bertz CT molecular complexity index is 349. The van der Waals surface area contributed by atoms with Gasteiger partial charge in [0.05, 0.1) is 25.4 Å². The highest BCUT2D eigenvalue weighted by Crippen LogP contribution is 2.35. The van der Waals surface area contributed by atoms with Gasteiger partial charge in [0.1, 0.15) is 0 Å². The second-order valence-corrected chi connectivity index (χ2v) is 4.95. The van der Waals surface area contributed by atoms with E-state index < -0.39 is 11.9 Å². The SMILES string of the molecule is COC(=O)C(=C(C(=O)OC)C1CCCC1)C(C)C. The van der Waals surface area contributed by atoms with Gasteiger partial charge in [0, 0.05) is 0 Å². The fourth-order valence-corrected chi connectivity index (χ4v) is 2.59. The van der Waals surface area contributed by atoms with Gasteiger partial charge in [0.25, 0.3) is 0 Å². The van der Waals surface area contributed by atoms with Crippen molar-refractivity contribution in [2.45, 2.75) is 39.5 Å². The third kappa shape index (κ3) is 3.12. The molecule has 0 aromatic heterocycles. The average molecular weight is 254 g/mol. The topological polar surface area (TPSA) is 52.6 Å². The summed E-state index contributed by atoms with van der Waals surface area (Å²) in [4.78, 5) is 23.9. The zero-order valence-electron chi connectivity index (χ0n) is 11.6. The Morgan fingerprint density at radius 2 is 1.50 bits per heavy atom. The van der Waals surface area contributed by atoms with E-state index in [1.54, 1.807) is 0 Å². The number of ether oxygens (including phenoxy) is 2. The van der Waals surface area contributed by atoms with Gasteiger partial charge in [0.15, 0.2) is 0 Å². The lowest BCUT2D eigenvalue weighted by Gasteiger charge is -2.19. The first-order chi connectivity index (χ1) is 8.52. The predicted molar refractivity (Wildman–Crippen MR) is 67.9 cm³/mol. The van der Waals surface area contributed by atoms with Gasteiger partial charge in [-0.3, -0.25) is 0 Å². The highest BCUT2D eigenvalue weighted by molar-refractivity contribution is 6.01. The van der Waals surface area contributed by atoms with Gasteiger partial charge in [-0.05, 0) is 24.7 Å². The van der Waals surface area contributed by atoms with Gasteiger partial charge in [0.2, 0.25) is 0 Å². The molecule has 0 atom stereocenters. The molecular formula is C14H22O4. The summed E-state index contributed by atoms with van der Waals surface area (Å²) in [5.41, 5.74) is 0.994. The van der Waals surface area contributed by atoms with Crippen LogP contribution in [0.4, 0.5) is 0 Å². The maximum Gasteiger partial charge on any atom is 0.334 e. The monoisotopic (exact) mass is 254 g/mol. The van der Waals surface area contributed by atoms with Crippen molar-refractivity contribution in [2.75, 3.05) is 14.2 Å². The van der Waals surface area contributed by atoms with Gasteiger partial charge in [-0.2, -0.15) is 0 Å². The molecule has 0 radical (unpaired) electrons. The average Bonchev–Trinajstić information content (AvgIpc) is 2.86. The maximum absolute atomic E-state index is 12.0. The standard InChI is InChI=1S/C14H22O4/c1-9(2)11(13(15)17-3)12(14(16)18-4)10-7-5-6-8-10/h9-10H,5-8H2,1-4H3. The Morgan fingerprint density at radius 3 is 1.89 bits per heavy atom. The smallest absolute Gasteiger partial charge is 0.334 e. The van der Waals surface area contributed by atoms with Gasteiger partial charge in [-0.15, -0.1) is 0 Å². The minimum atomic E-state index is -0.419. The lowest BCUT2D eigenvalue weighted by atomic mass is 9.87. The summed E-state index contributed by atoms with van der Waals surface area (Å²) < 4.78 is 9.65. The number of hydrogen-bond donors (Lipinski definition) is 0. The molecule has 0 N–H and O–H groups in total. The molecule has 0 aliphatic heterocycles. The van der Waals surface area contributed by atoms with E-state index in [1.165, 1.54) is 14.2 Å². The molecule has 0 heterocycles. The summed E-state index contributed by atoms with van der Waals surface area (Å²) in [6, 6.07) is 0. The van der Waals surface area contributed by atoms with E-state index in [4.69, 9.17) is 9.47 Å². The van der Waals surface area contributed by atoms with Crippen molar-refractivity contribution in [3.8, 4) is 0 Å². The van der Waals surface area contributed by atoms with Crippen LogP contribution in [0, 0.1) is 11.8 Å². The third-order valence-electron chi connectivity index (χ3n) is 3.44. The molecule has 0 unspecified atom stereocenters. The number of rotatable bonds is 4. The quantitative estimate of drug-likeness (QED) is 0.571. The van der Waals surface area contributed by atoms with Gasteiger partial charge in [-0.25, -0.2) is 9.59 Å². The zero-order chi connectivity index (χ0) is 13.7. The molecular weight excluding hydrogens is 232 g/mol. The summed E-state index contributed by atoms with van der Waals surface area (Å²) in [5, 5.41) is 0. The summed E-state index contributed by atoms with van der Waals surface area (Å²) >= 11 is 0. The number of hydrogen-bond acceptors (Lipinski definition) is 4. The van der Waals surface area contributed by atoms with Crippen LogP contribution in [0.5, 0.6) is 0 Å². The number of methoxy groups -OCH3 is 2. The molecule has 0 amide bonds. The summed E-state index contributed by atoms with van der Waals surface area (Å²) in [6.45, 7) is 3.79. The van der Waals surface area contributed by atoms with Crippen molar-refractivity contribution in [1.82, 2.24) is 0 Å². The van der Waals surface area contributed by atoms with Crippen LogP contribution in [-0.2, 0) is 19.1 Å². The van der Waals surface area contributed by atoms with E-state index in [1.807, 2.05) is 13.8 Å². The fraction of sp³-hybridized carbons (Fsp3) is 0.714. The van der Waals surface area contributed by atoms with Crippen LogP contribution in [0.15, 0.2) is 11.1 Å². The molecule has 1 rings (SSSR count). The largest absolute Gasteiger partial charge is 0.466 e.